The van der Waals surface area contributed by atoms with Crippen LogP contribution in [-0.4, -0.2) is 15.2 Å². The first kappa shape index (κ1) is 11.6. The lowest BCUT2D eigenvalue weighted by Crippen LogP contribution is -1.96. The first-order valence-electron chi connectivity index (χ1n) is 5.73. The summed E-state index contributed by atoms with van der Waals surface area (Å²) in [7, 11) is 0. The van der Waals surface area contributed by atoms with Gasteiger partial charge in [-0.15, -0.1) is 0 Å². The van der Waals surface area contributed by atoms with Crippen LogP contribution in [0.5, 0.6) is 5.75 Å². The van der Waals surface area contributed by atoms with Gasteiger partial charge in [-0.05, 0) is 23.6 Å². The highest BCUT2D eigenvalue weighted by atomic mass is 16.5. The van der Waals surface area contributed by atoms with E-state index in [-0.39, 0.29) is 5.75 Å². The Morgan fingerprint density at radius 3 is 2.59 bits per heavy atom. The smallest absolute Gasteiger partial charge is 0.231 e. The summed E-state index contributed by atoms with van der Waals surface area (Å²) in [5.41, 5.74) is 1.04. The second-order valence-corrected chi connectivity index (χ2v) is 4.55. The summed E-state index contributed by atoms with van der Waals surface area (Å²) in [5, 5.41) is 13.1. The molecule has 4 nitrogen and oxygen atoms in total. The highest BCUT2D eigenvalue weighted by Gasteiger charge is 2.08. The first-order valence-corrected chi connectivity index (χ1v) is 5.73. The Kier molecular flexibility index (Phi) is 3.42. The SMILES string of the molecule is CC(C)Cc1noc(Cc2ccc(O)cc2)n1. The van der Waals surface area contributed by atoms with E-state index in [9.17, 15) is 5.11 Å². The molecule has 2 aromatic rings. The molecule has 0 fully saturated rings. The van der Waals surface area contributed by atoms with Crippen molar-refractivity contribution >= 4 is 0 Å². The van der Waals surface area contributed by atoms with Gasteiger partial charge >= 0.3 is 0 Å². The van der Waals surface area contributed by atoms with Crippen molar-refractivity contribution < 1.29 is 9.63 Å². The fraction of sp³-hybridized carbons (Fsp3) is 0.385. The Labute approximate surface area is 100 Å². The van der Waals surface area contributed by atoms with Crippen LogP contribution in [0.15, 0.2) is 28.8 Å². The van der Waals surface area contributed by atoms with Gasteiger partial charge in [0.25, 0.3) is 0 Å². The molecule has 2 rings (SSSR count). The number of benzene rings is 1. The van der Waals surface area contributed by atoms with Crippen molar-refractivity contribution in [2.75, 3.05) is 0 Å². The maximum Gasteiger partial charge on any atom is 0.231 e. The molecule has 0 aliphatic rings. The molecule has 0 aliphatic heterocycles. The van der Waals surface area contributed by atoms with Crippen LogP contribution in [-0.2, 0) is 12.8 Å². The van der Waals surface area contributed by atoms with Crippen molar-refractivity contribution in [3.8, 4) is 5.75 Å². The van der Waals surface area contributed by atoms with E-state index in [2.05, 4.69) is 24.0 Å². The van der Waals surface area contributed by atoms with Gasteiger partial charge in [-0.2, -0.15) is 4.98 Å². The average molecular weight is 232 g/mol. The van der Waals surface area contributed by atoms with E-state index in [1.165, 1.54) is 0 Å². The molecular formula is C13H16N2O2. The maximum absolute atomic E-state index is 9.17. The third-order valence-electron chi connectivity index (χ3n) is 2.39. The van der Waals surface area contributed by atoms with Gasteiger partial charge in [0.2, 0.25) is 5.89 Å². The summed E-state index contributed by atoms with van der Waals surface area (Å²) in [5.74, 6) is 2.16. The van der Waals surface area contributed by atoms with Crippen LogP contribution in [0.4, 0.5) is 0 Å². The molecule has 0 aliphatic carbocycles. The minimum atomic E-state index is 0.264. The normalized spacial score (nSPS) is 11.0. The van der Waals surface area contributed by atoms with E-state index in [1.54, 1.807) is 12.1 Å². The van der Waals surface area contributed by atoms with Gasteiger partial charge in [0.15, 0.2) is 5.82 Å². The van der Waals surface area contributed by atoms with Gasteiger partial charge in [0.1, 0.15) is 5.75 Å². The highest BCUT2D eigenvalue weighted by molar-refractivity contribution is 5.27. The van der Waals surface area contributed by atoms with Crippen molar-refractivity contribution in [3.63, 3.8) is 0 Å². The molecule has 1 heterocycles. The van der Waals surface area contributed by atoms with Crippen LogP contribution in [0.25, 0.3) is 0 Å². The monoisotopic (exact) mass is 232 g/mol. The molecule has 0 bridgehead atoms. The quantitative estimate of drug-likeness (QED) is 0.880. The molecule has 4 heteroatoms. The summed E-state index contributed by atoms with van der Waals surface area (Å²) in [6, 6.07) is 7.00. The Hall–Kier alpha value is -1.84. The molecule has 90 valence electrons. The van der Waals surface area contributed by atoms with Crippen molar-refractivity contribution in [3.05, 3.63) is 41.5 Å². The molecule has 1 aromatic heterocycles. The lowest BCUT2D eigenvalue weighted by atomic mass is 10.1. The van der Waals surface area contributed by atoms with E-state index in [0.717, 1.165) is 17.8 Å². The third-order valence-corrected chi connectivity index (χ3v) is 2.39. The van der Waals surface area contributed by atoms with Gasteiger partial charge in [0.05, 0.1) is 6.42 Å². The highest BCUT2D eigenvalue weighted by Crippen LogP contribution is 2.13. The van der Waals surface area contributed by atoms with Gasteiger partial charge < -0.3 is 9.63 Å². The lowest BCUT2D eigenvalue weighted by molar-refractivity contribution is 0.377. The van der Waals surface area contributed by atoms with Crippen molar-refractivity contribution in [2.24, 2.45) is 5.92 Å². The Balaban J connectivity index is 2.03. The summed E-state index contributed by atoms with van der Waals surface area (Å²) in [6.45, 7) is 4.24. The van der Waals surface area contributed by atoms with Crippen LogP contribution in [0.3, 0.4) is 0 Å². The van der Waals surface area contributed by atoms with E-state index < -0.39 is 0 Å². The molecule has 0 atom stereocenters. The fourth-order valence-corrected chi connectivity index (χ4v) is 1.60. The second-order valence-electron chi connectivity index (χ2n) is 4.55. The van der Waals surface area contributed by atoms with E-state index >= 15 is 0 Å². The summed E-state index contributed by atoms with van der Waals surface area (Å²) in [4.78, 5) is 4.33. The predicted molar refractivity (Wildman–Crippen MR) is 63.8 cm³/mol. The molecule has 0 radical (unpaired) electrons. The molecule has 0 saturated carbocycles. The van der Waals surface area contributed by atoms with E-state index in [0.29, 0.717) is 18.2 Å². The zero-order valence-electron chi connectivity index (χ0n) is 10.1. The maximum atomic E-state index is 9.17. The Morgan fingerprint density at radius 1 is 1.24 bits per heavy atom. The standard InChI is InChI=1S/C13H16N2O2/c1-9(2)7-12-14-13(17-15-12)8-10-3-5-11(16)6-4-10/h3-6,9,16H,7-8H2,1-2H3. The predicted octanol–water partition coefficient (Wildman–Crippen LogP) is 2.56. The van der Waals surface area contributed by atoms with Crippen molar-refractivity contribution in [2.45, 2.75) is 26.7 Å². The molecule has 17 heavy (non-hydrogen) atoms. The number of phenols is 1. The average Bonchev–Trinajstić information content (AvgIpc) is 2.68. The number of phenolic OH excluding ortho intramolecular Hbond substituents is 1. The summed E-state index contributed by atoms with van der Waals surface area (Å²) < 4.78 is 5.18. The molecule has 0 saturated heterocycles. The zero-order chi connectivity index (χ0) is 12.3. The number of aromatic hydroxyl groups is 1. The Morgan fingerprint density at radius 2 is 1.94 bits per heavy atom. The molecule has 0 amide bonds. The van der Waals surface area contributed by atoms with Crippen LogP contribution >= 0.6 is 0 Å². The molecule has 1 N–H and O–H groups in total. The van der Waals surface area contributed by atoms with Gasteiger partial charge in [-0.25, -0.2) is 0 Å². The van der Waals surface area contributed by atoms with Crippen molar-refractivity contribution in [1.82, 2.24) is 10.1 Å². The number of hydrogen-bond donors (Lipinski definition) is 1. The fourth-order valence-electron chi connectivity index (χ4n) is 1.60. The minimum Gasteiger partial charge on any atom is -0.508 e. The topological polar surface area (TPSA) is 59.2 Å². The molecule has 0 unspecified atom stereocenters. The van der Waals surface area contributed by atoms with Crippen LogP contribution in [0, 0.1) is 5.92 Å². The largest absolute Gasteiger partial charge is 0.508 e. The summed E-state index contributed by atoms with van der Waals surface area (Å²) in [6.07, 6.45) is 1.43. The van der Waals surface area contributed by atoms with Gasteiger partial charge in [-0.3, -0.25) is 0 Å². The van der Waals surface area contributed by atoms with E-state index in [1.807, 2.05) is 12.1 Å². The number of hydrogen-bond acceptors (Lipinski definition) is 4. The Bertz CT molecular complexity index is 474. The van der Waals surface area contributed by atoms with Crippen molar-refractivity contribution in [1.29, 1.82) is 0 Å². The minimum absolute atomic E-state index is 0.264. The molecule has 1 aromatic carbocycles. The molecular weight excluding hydrogens is 216 g/mol. The molecule has 0 spiro atoms. The van der Waals surface area contributed by atoms with Crippen LogP contribution in [0.2, 0.25) is 0 Å². The van der Waals surface area contributed by atoms with Crippen LogP contribution in [0.1, 0.15) is 31.1 Å². The van der Waals surface area contributed by atoms with Gasteiger partial charge in [0, 0.05) is 6.42 Å². The number of rotatable bonds is 4. The second kappa shape index (κ2) is 4.99. The number of nitrogens with zero attached hydrogens (tertiary/aromatic N) is 2. The summed E-state index contributed by atoms with van der Waals surface area (Å²) >= 11 is 0. The number of aromatic nitrogens is 2. The first-order chi connectivity index (χ1) is 8.13. The lowest BCUT2D eigenvalue weighted by Gasteiger charge is -1.97. The van der Waals surface area contributed by atoms with E-state index in [4.69, 9.17) is 4.52 Å². The third kappa shape index (κ3) is 3.31. The van der Waals surface area contributed by atoms with Gasteiger partial charge in [-0.1, -0.05) is 31.1 Å². The van der Waals surface area contributed by atoms with Crippen LogP contribution < -0.4 is 0 Å². The zero-order valence-corrected chi connectivity index (χ0v) is 10.1.